The van der Waals surface area contributed by atoms with Crippen LogP contribution in [0, 0.1) is 23.2 Å². The molecule has 3 heteroatoms. The first-order chi connectivity index (χ1) is 7.40. The molecule has 0 radical (unpaired) electrons. The summed E-state index contributed by atoms with van der Waals surface area (Å²) in [5.41, 5.74) is 0. The Morgan fingerprint density at radius 2 is 2.00 bits per heavy atom. The highest BCUT2D eigenvalue weighted by Gasteiger charge is 2.27. The SMILES string of the molecule is N#CCN1CNCC(C2CCCCC2)C1. The van der Waals surface area contributed by atoms with Crippen LogP contribution in [0.5, 0.6) is 0 Å². The Kier molecular flexibility index (Phi) is 3.99. The molecule has 1 unspecified atom stereocenters. The maximum absolute atomic E-state index is 8.70. The summed E-state index contributed by atoms with van der Waals surface area (Å²) in [6, 6.07) is 2.25. The van der Waals surface area contributed by atoms with E-state index in [2.05, 4.69) is 16.3 Å². The second kappa shape index (κ2) is 5.48. The predicted molar refractivity (Wildman–Crippen MR) is 60.1 cm³/mol. The maximum atomic E-state index is 8.70. The van der Waals surface area contributed by atoms with Crippen LogP contribution in [-0.4, -0.2) is 31.2 Å². The van der Waals surface area contributed by atoms with Crippen molar-refractivity contribution in [2.24, 2.45) is 11.8 Å². The van der Waals surface area contributed by atoms with Crippen molar-refractivity contribution >= 4 is 0 Å². The lowest BCUT2D eigenvalue weighted by Crippen LogP contribution is -2.49. The van der Waals surface area contributed by atoms with Crippen LogP contribution in [0.1, 0.15) is 32.1 Å². The molecule has 1 saturated carbocycles. The monoisotopic (exact) mass is 207 g/mol. The Morgan fingerprint density at radius 3 is 2.73 bits per heavy atom. The van der Waals surface area contributed by atoms with Gasteiger partial charge in [-0.05, 0) is 11.8 Å². The minimum absolute atomic E-state index is 0.580. The van der Waals surface area contributed by atoms with E-state index in [1.54, 1.807) is 0 Å². The Bertz CT molecular complexity index is 228. The zero-order valence-electron chi connectivity index (χ0n) is 9.41. The normalized spacial score (nSPS) is 29.9. The maximum Gasteiger partial charge on any atom is 0.0876 e. The Morgan fingerprint density at radius 1 is 1.20 bits per heavy atom. The molecule has 1 atom stereocenters. The van der Waals surface area contributed by atoms with E-state index < -0.39 is 0 Å². The number of nitrogens with one attached hydrogen (secondary N) is 1. The van der Waals surface area contributed by atoms with Gasteiger partial charge in [0.25, 0.3) is 0 Å². The fourth-order valence-electron chi connectivity index (χ4n) is 3.01. The van der Waals surface area contributed by atoms with Crippen LogP contribution in [0.4, 0.5) is 0 Å². The molecular formula is C12H21N3. The van der Waals surface area contributed by atoms with E-state index in [0.717, 1.165) is 31.6 Å². The molecule has 2 fully saturated rings. The van der Waals surface area contributed by atoms with E-state index >= 15 is 0 Å². The Hall–Kier alpha value is -0.590. The van der Waals surface area contributed by atoms with Gasteiger partial charge in [-0.15, -0.1) is 0 Å². The van der Waals surface area contributed by atoms with Gasteiger partial charge in [-0.1, -0.05) is 32.1 Å². The van der Waals surface area contributed by atoms with Gasteiger partial charge in [0.1, 0.15) is 0 Å². The summed E-state index contributed by atoms with van der Waals surface area (Å²) in [6.45, 7) is 3.77. The summed E-state index contributed by atoms with van der Waals surface area (Å²) in [6.07, 6.45) is 7.08. The van der Waals surface area contributed by atoms with Gasteiger partial charge in [0.15, 0.2) is 0 Å². The summed E-state index contributed by atoms with van der Waals surface area (Å²) in [4.78, 5) is 2.24. The van der Waals surface area contributed by atoms with Gasteiger partial charge in [0.05, 0.1) is 12.6 Å². The van der Waals surface area contributed by atoms with Crippen molar-refractivity contribution in [1.29, 1.82) is 5.26 Å². The van der Waals surface area contributed by atoms with Gasteiger partial charge < -0.3 is 5.32 Å². The van der Waals surface area contributed by atoms with E-state index in [-0.39, 0.29) is 0 Å². The van der Waals surface area contributed by atoms with Crippen molar-refractivity contribution in [3.8, 4) is 6.07 Å². The standard InChI is InChI=1S/C12H21N3/c13-6-7-15-9-12(8-14-10-15)11-4-2-1-3-5-11/h11-12,14H,1-5,7-10H2. The average molecular weight is 207 g/mol. The highest BCUT2D eigenvalue weighted by Crippen LogP contribution is 2.31. The molecule has 3 nitrogen and oxygen atoms in total. The lowest BCUT2D eigenvalue weighted by atomic mass is 9.79. The van der Waals surface area contributed by atoms with Crippen molar-refractivity contribution in [3.05, 3.63) is 0 Å². The second-order valence-corrected chi connectivity index (χ2v) is 4.94. The van der Waals surface area contributed by atoms with E-state index in [4.69, 9.17) is 5.26 Å². The van der Waals surface area contributed by atoms with Gasteiger partial charge in [-0.25, -0.2) is 0 Å². The molecule has 2 aliphatic rings. The molecule has 0 aromatic heterocycles. The number of hydrogen-bond donors (Lipinski definition) is 1. The third kappa shape index (κ3) is 2.93. The highest BCUT2D eigenvalue weighted by molar-refractivity contribution is 4.85. The van der Waals surface area contributed by atoms with Gasteiger partial charge in [-0.3, -0.25) is 4.90 Å². The summed E-state index contributed by atoms with van der Waals surface area (Å²) in [5, 5.41) is 12.1. The van der Waals surface area contributed by atoms with Crippen LogP contribution in [0.3, 0.4) is 0 Å². The minimum atomic E-state index is 0.580. The van der Waals surface area contributed by atoms with Crippen LogP contribution >= 0.6 is 0 Å². The molecule has 0 amide bonds. The minimum Gasteiger partial charge on any atom is -0.304 e. The molecule has 84 valence electrons. The largest absolute Gasteiger partial charge is 0.304 e. The Labute approximate surface area is 92.4 Å². The molecular weight excluding hydrogens is 186 g/mol. The van der Waals surface area contributed by atoms with Gasteiger partial charge in [0.2, 0.25) is 0 Å². The summed E-state index contributed by atoms with van der Waals surface area (Å²) < 4.78 is 0. The number of hydrogen-bond acceptors (Lipinski definition) is 3. The van der Waals surface area contributed by atoms with E-state index in [1.807, 2.05) is 0 Å². The van der Waals surface area contributed by atoms with Crippen molar-refractivity contribution < 1.29 is 0 Å². The molecule has 0 bridgehead atoms. The number of rotatable bonds is 2. The zero-order chi connectivity index (χ0) is 10.5. The molecule has 15 heavy (non-hydrogen) atoms. The molecule has 0 aromatic rings. The lowest BCUT2D eigenvalue weighted by Gasteiger charge is -2.38. The molecule has 1 heterocycles. The highest BCUT2D eigenvalue weighted by atomic mass is 15.2. The van der Waals surface area contributed by atoms with Gasteiger partial charge in [-0.2, -0.15) is 5.26 Å². The van der Waals surface area contributed by atoms with E-state index in [9.17, 15) is 0 Å². The van der Waals surface area contributed by atoms with Crippen molar-refractivity contribution in [3.63, 3.8) is 0 Å². The first kappa shape index (κ1) is 10.9. The molecule has 0 aromatic carbocycles. The van der Waals surface area contributed by atoms with Crippen LogP contribution in [0.15, 0.2) is 0 Å². The number of nitriles is 1. The third-order valence-corrected chi connectivity index (χ3v) is 3.85. The van der Waals surface area contributed by atoms with Crippen LogP contribution in [0.25, 0.3) is 0 Å². The summed E-state index contributed by atoms with van der Waals surface area (Å²) >= 11 is 0. The molecule has 1 saturated heterocycles. The fraction of sp³-hybridized carbons (Fsp3) is 0.917. The van der Waals surface area contributed by atoms with Crippen LogP contribution in [0.2, 0.25) is 0 Å². The smallest absolute Gasteiger partial charge is 0.0876 e. The average Bonchev–Trinajstić information content (AvgIpc) is 2.31. The number of nitrogens with zero attached hydrogens (tertiary/aromatic N) is 2. The van der Waals surface area contributed by atoms with Crippen molar-refractivity contribution in [1.82, 2.24) is 10.2 Å². The fourth-order valence-corrected chi connectivity index (χ4v) is 3.01. The van der Waals surface area contributed by atoms with Crippen LogP contribution in [-0.2, 0) is 0 Å². The van der Waals surface area contributed by atoms with Gasteiger partial charge in [0, 0.05) is 19.8 Å². The van der Waals surface area contributed by atoms with E-state index in [1.165, 1.54) is 32.1 Å². The predicted octanol–water partition coefficient (Wildman–Crippen LogP) is 1.57. The molecule has 1 aliphatic carbocycles. The van der Waals surface area contributed by atoms with E-state index in [0.29, 0.717) is 6.54 Å². The van der Waals surface area contributed by atoms with Crippen molar-refractivity contribution in [2.75, 3.05) is 26.3 Å². The Balaban J connectivity index is 1.83. The molecule has 0 spiro atoms. The first-order valence-corrected chi connectivity index (χ1v) is 6.20. The first-order valence-electron chi connectivity index (χ1n) is 6.20. The quantitative estimate of drug-likeness (QED) is 0.699. The van der Waals surface area contributed by atoms with Crippen LogP contribution < -0.4 is 5.32 Å². The zero-order valence-corrected chi connectivity index (χ0v) is 9.41. The summed E-state index contributed by atoms with van der Waals surface area (Å²) in [7, 11) is 0. The van der Waals surface area contributed by atoms with Gasteiger partial charge >= 0.3 is 0 Å². The lowest BCUT2D eigenvalue weighted by molar-refractivity contribution is 0.123. The second-order valence-electron chi connectivity index (χ2n) is 4.94. The molecule has 1 aliphatic heterocycles. The molecule has 2 rings (SSSR count). The third-order valence-electron chi connectivity index (χ3n) is 3.85. The molecule has 1 N–H and O–H groups in total. The topological polar surface area (TPSA) is 39.1 Å². The van der Waals surface area contributed by atoms with Crippen molar-refractivity contribution in [2.45, 2.75) is 32.1 Å². The summed E-state index contributed by atoms with van der Waals surface area (Å²) in [5.74, 6) is 1.69.